The number of pyridine rings is 2. The van der Waals surface area contributed by atoms with E-state index in [1.165, 1.54) is 12.1 Å². The predicted octanol–water partition coefficient (Wildman–Crippen LogP) is 3.21. The van der Waals surface area contributed by atoms with E-state index in [0.717, 1.165) is 6.26 Å². The number of imidazole rings is 1. The molecule has 0 aliphatic carbocycles. The minimum Gasteiger partial charge on any atom is -0.321 e. The number of sulfonamides is 1. The summed E-state index contributed by atoms with van der Waals surface area (Å²) in [6.07, 6.45) is 7.46. The summed E-state index contributed by atoms with van der Waals surface area (Å²) in [5, 5.41) is 7.37. The summed E-state index contributed by atoms with van der Waals surface area (Å²) in [6, 6.07) is 9.77. The molecule has 3 N–H and O–H groups in total. The molecule has 0 unspecified atom stereocenters. The lowest BCUT2D eigenvalue weighted by Gasteiger charge is -2.07. The molecule has 0 bridgehead atoms. The van der Waals surface area contributed by atoms with Crippen LogP contribution in [0.15, 0.2) is 61.2 Å². The van der Waals surface area contributed by atoms with Gasteiger partial charge in [0.2, 0.25) is 10.0 Å². The lowest BCUT2D eigenvalue weighted by Crippen LogP contribution is -2.21. The van der Waals surface area contributed by atoms with Gasteiger partial charge in [0.25, 0.3) is 0 Å². The fourth-order valence-electron chi connectivity index (χ4n) is 4.02. The van der Waals surface area contributed by atoms with E-state index in [-0.39, 0.29) is 6.54 Å². The van der Waals surface area contributed by atoms with Gasteiger partial charge in [-0.3, -0.25) is 15.1 Å². The van der Waals surface area contributed by atoms with Gasteiger partial charge in [0, 0.05) is 30.7 Å². The van der Waals surface area contributed by atoms with Gasteiger partial charge < -0.3 is 4.98 Å². The Hall–Kier alpha value is -4.62. The number of halogens is 1. The molecule has 184 valence electrons. The van der Waals surface area contributed by atoms with Gasteiger partial charge in [0.05, 0.1) is 23.7 Å². The standard InChI is InChI=1S/C24H18FN9O2S/c1-37(35,36)29-11-13-8-14(10-15(25)9-13)16-4-5-28-23-20(16)31-24(32-23)22-21-18(33-34-22)3-2-17(30-21)19-12-26-6-7-27-19/h2-10,12,29H,11H2,1H3,(H,33,34)(H,28,31,32). The minimum atomic E-state index is -3.43. The van der Waals surface area contributed by atoms with Crippen LogP contribution in [0, 0.1) is 5.82 Å². The third kappa shape index (κ3) is 4.52. The summed E-state index contributed by atoms with van der Waals surface area (Å²) in [7, 11) is -3.43. The van der Waals surface area contributed by atoms with Crippen molar-refractivity contribution in [3.05, 3.63) is 72.6 Å². The number of hydrogen-bond donors (Lipinski definition) is 3. The average molecular weight is 516 g/mol. The van der Waals surface area contributed by atoms with E-state index in [4.69, 9.17) is 9.97 Å². The van der Waals surface area contributed by atoms with Gasteiger partial charge in [-0.2, -0.15) is 5.10 Å². The quantitative estimate of drug-likeness (QED) is 0.305. The van der Waals surface area contributed by atoms with E-state index in [0.29, 0.717) is 61.8 Å². The highest BCUT2D eigenvalue weighted by Gasteiger charge is 2.18. The maximum Gasteiger partial charge on any atom is 0.209 e. The van der Waals surface area contributed by atoms with Crippen molar-refractivity contribution in [1.82, 2.24) is 44.8 Å². The van der Waals surface area contributed by atoms with Gasteiger partial charge in [0.15, 0.2) is 17.2 Å². The zero-order valence-electron chi connectivity index (χ0n) is 19.3. The molecule has 0 atom stereocenters. The van der Waals surface area contributed by atoms with Gasteiger partial charge in [-0.05, 0) is 47.5 Å². The van der Waals surface area contributed by atoms with Gasteiger partial charge in [-0.25, -0.2) is 32.5 Å². The Morgan fingerprint density at radius 2 is 1.86 bits per heavy atom. The number of rotatable bonds is 6. The van der Waals surface area contributed by atoms with Crippen molar-refractivity contribution < 1.29 is 12.8 Å². The molecular weight excluding hydrogens is 497 g/mol. The van der Waals surface area contributed by atoms with Crippen LogP contribution in [-0.4, -0.2) is 54.8 Å². The molecule has 0 radical (unpaired) electrons. The maximum atomic E-state index is 14.5. The Morgan fingerprint density at radius 1 is 0.973 bits per heavy atom. The SMILES string of the molecule is CS(=O)(=O)NCc1cc(F)cc(-c2ccnc3[nH]c(-c4n[nH]c5ccc(-c6cnccn6)nc45)nc23)c1. The molecule has 0 fully saturated rings. The Morgan fingerprint density at radius 3 is 2.68 bits per heavy atom. The van der Waals surface area contributed by atoms with Crippen molar-refractivity contribution in [3.8, 4) is 34.0 Å². The van der Waals surface area contributed by atoms with Crippen LogP contribution in [0.2, 0.25) is 0 Å². The van der Waals surface area contributed by atoms with Crippen LogP contribution < -0.4 is 4.72 Å². The Kier molecular flexibility index (Phi) is 5.43. The molecule has 11 nitrogen and oxygen atoms in total. The number of nitrogens with zero attached hydrogens (tertiary/aromatic N) is 6. The number of hydrogen-bond acceptors (Lipinski definition) is 8. The number of fused-ring (bicyclic) bond motifs is 2. The normalized spacial score (nSPS) is 11.9. The average Bonchev–Trinajstić information content (AvgIpc) is 3.51. The highest BCUT2D eigenvalue weighted by Crippen LogP contribution is 2.31. The van der Waals surface area contributed by atoms with E-state index in [1.807, 2.05) is 12.1 Å². The first-order chi connectivity index (χ1) is 17.8. The minimum absolute atomic E-state index is 0.0390. The first-order valence-electron chi connectivity index (χ1n) is 11.1. The van der Waals surface area contributed by atoms with Crippen LogP contribution in [0.5, 0.6) is 0 Å². The largest absolute Gasteiger partial charge is 0.321 e. The first-order valence-corrected chi connectivity index (χ1v) is 12.9. The molecule has 13 heteroatoms. The van der Waals surface area contributed by atoms with E-state index in [2.05, 4.69) is 34.9 Å². The van der Waals surface area contributed by atoms with Crippen LogP contribution in [0.25, 0.3) is 56.2 Å². The second-order valence-corrected chi connectivity index (χ2v) is 10.2. The number of nitrogens with one attached hydrogen (secondary N) is 3. The van der Waals surface area contributed by atoms with Crippen LogP contribution in [0.3, 0.4) is 0 Å². The van der Waals surface area contributed by atoms with Crippen molar-refractivity contribution in [1.29, 1.82) is 0 Å². The first kappa shape index (κ1) is 22.8. The summed E-state index contributed by atoms with van der Waals surface area (Å²) in [6.45, 7) is -0.0390. The smallest absolute Gasteiger partial charge is 0.209 e. The van der Waals surface area contributed by atoms with E-state index >= 15 is 0 Å². The van der Waals surface area contributed by atoms with Crippen molar-refractivity contribution in [3.63, 3.8) is 0 Å². The summed E-state index contributed by atoms with van der Waals surface area (Å²) in [4.78, 5) is 25.4. The Balaban J connectivity index is 1.44. The van der Waals surface area contributed by atoms with Crippen molar-refractivity contribution in [2.45, 2.75) is 6.54 Å². The van der Waals surface area contributed by atoms with Crippen molar-refractivity contribution in [2.75, 3.05) is 6.26 Å². The van der Waals surface area contributed by atoms with Crippen LogP contribution >= 0.6 is 0 Å². The van der Waals surface area contributed by atoms with Gasteiger partial charge in [-0.1, -0.05) is 0 Å². The lowest BCUT2D eigenvalue weighted by atomic mass is 10.0. The fourth-order valence-corrected chi connectivity index (χ4v) is 4.44. The predicted molar refractivity (Wildman–Crippen MR) is 135 cm³/mol. The monoisotopic (exact) mass is 515 g/mol. The van der Waals surface area contributed by atoms with E-state index in [1.54, 1.807) is 36.9 Å². The van der Waals surface area contributed by atoms with E-state index < -0.39 is 15.8 Å². The van der Waals surface area contributed by atoms with Gasteiger partial charge in [-0.15, -0.1) is 0 Å². The zero-order valence-corrected chi connectivity index (χ0v) is 20.1. The summed E-state index contributed by atoms with van der Waals surface area (Å²) < 4.78 is 39.8. The third-order valence-electron chi connectivity index (χ3n) is 5.65. The summed E-state index contributed by atoms with van der Waals surface area (Å²) in [5.74, 6) is -0.0667. The van der Waals surface area contributed by atoms with Gasteiger partial charge in [0.1, 0.15) is 22.5 Å². The third-order valence-corrected chi connectivity index (χ3v) is 6.32. The molecule has 0 saturated heterocycles. The van der Waals surface area contributed by atoms with Crippen LogP contribution in [0.1, 0.15) is 5.56 Å². The van der Waals surface area contributed by atoms with Crippen molar-refractivity contribution >= 4 is 32.2 Å². The molecule has 1 aromatic carbocycles. The molecule has 0 spiro atoms. The van der Waals surface area contributed by atoms with Crippen LogP contribution in [-0.2, 0) is 16.6 Å². The summed E-state index contributed by atoms with van der Waals surface area (Å²) >= 11 is 0. The lowest BCUT2D eigenvalue weighted by molar-refractivity contribution is 0.586. The summed E-state index contributed by atoms with van der Waals surface area (Å²) in [5.41, 5.74) is 5.66. The number of aromatic amines is 2. The second kappa shape index (κ2) is 8.80. The Labute approximate surface area is 209 Å². The molecule has 5 heterocycles. The molecule has 0 saturated carbocycles. The molecular formula is C24H18FN9O2S. The number of H-pyrrole nitrogens is 2. The highest BCUT2D eigenvalue weighted by atomic mass is 32.2. The van der Waals surface area contributed by atoms with Crippen molar-refractivity contribution in [2.24, 2.45) is 0 Å². The molecule has 6 rings (SSSR count). The topological polar surface area (TPSA) is 155 Å². The van der Waals surface area contributed by atoms with E-state index in [9.17, 15) is 12.8 Å². The number of aromatic nitrogens is 8. The molecule has 6 aromatic rings. The maximum absolute atomic E-state index is 14.5. The Bertz CT molecular complexity index is 1890. The number of benzene rings is 1. The second-order valence-electron chi connectivity index (χ2n) is 8.34. The molecule has 0 aliphatic heterocycles. The molecule has 5 aromatic heterocycles. The van der Waals surface area contributed by atoms with Crippen LogP contribution in [0.4, 0.5) is 4.39 Å². The highest BCUT2D eigenvalue weighted by molar-refractivity contribution is 7.88. The molecule has 0 aliphatic rings. The van der Waals surface area contributed by atoms with Gasteiger partial charge >= 0.3 is 0 Å². The fraction of sp³-hybridized carbons (Fsp3) is 0.0833. The molecule has 0 amide bonds. The zero-order chi connectivity index (χ0) is 25.6. The molecule has 37 heavy (non-hydrogen) atoms.